The van der Waals surface area contributed by atoms with E-state index < -0.39 is 5.97 Å². The van der Waals surface area contributed by atoms with Gasteiger partial charge in [-0.1, -0.05) is 42.5 Å². The molecule has 0 N–H and O–H groups in total. The number of carbonyl (C=O) groups excluding carboxylic acids is 1. The minimum absolute atomic E-state index is 0.0686. The highest BCUT2D eigenvalue weighted by Crippen LogP contribution is 2.26. The maximum atomic E-state index is 12.7. The predicted octanol–water partition coefficient (Wildman–Crippen LogP) is 4.80. The fourth-order valence-electron chi connectivity index (χ4n) is 2.98. The summed E-state index contributed by atoms with van der Waals surface area (Å²) in [4.78, 5) is 24.3. The third-order valence-corrected chi connectivity index (χ3v) is 4.40. The lowest BCUT2D eigenvalue weighted by Crippen LogP contribution is -2.14. The van der Waals surface area contributed by atoms with Crippen molar-refractivity contribution in [3.63, 3.8) is 0 Å². The molecule has 0 atom stereocenters. The second-order valence-electron chi connectivity index (χ2n) is 6.49. The topological polar surface area (TPSA) is 75.0 Å². The first-order valence-corrected chi connectivity index (χ1v) is 9.22. The predicted molar refractivity (Wildman–Crippen MR) is 112 cm³/mol. The summed E-state index contributed by atoms with van der Waals surface area (Å²) in [6, 6.07) is 21.9. The lowest BCUT2D eigenvalue weighted by Gasteiger charge is -2.08. The molecule has 0 aliphatic heterocycles. The van der Waals surface area contributed by atoms with Crippen molar-refractivity contribution in [1.29, 1.82) is 0 Å². The molecule has 6 nitrogen and oxygen atoms in total. The van der Waals surface area contributed by atoms with Gasteiger partial charge in [0.25, 0.3) is 0 Å². The number of fused-ring (bicyclic) bond motifs is 1. The highest BCUT2D eigenvalue weighted by molar-refractivity contribution is 5.81. The molecular weight excluding hydrogens is 384 g/mol. The SMILES string of the molecule is COCC(=O)Oc1ccc2c(=O)c(Oc3ccc(-c4ccccc4)cc3)coc2c1. The van der Waals surface area contributed by atoms with Gasteiger partial charge < -0.3 is 18.6 Å². The van der Waals surface area contributed by atoms with E-state index in [1.54, 1.807) is 12.1 Å². The van der Waals surface area contributed by atoms with Crippen LogP contribution < -0.4 is 14.9 Å². The van der Waals surface area contributed by atoms with E-state index in [9.17, 15) is 9.59 Å². The molecule has 1 heterocycles. The molecule has 0 saturated heterocycles. The number of hydrogen-bond acceptors (Lipinski definition) is 6. The van der Waals surface area contributed by atoms with E-state index in [0.717, 1.165) is 11.1 Å². The molecule has 150 valence electrons. The van der Waals surface area contributed by atoms with E-state index >= 15 is 0 Å². The summed E-state index contributed by atoms with van der Waals surface area (Å²) < 4.78 is 21.1. The van der Waals surface area contributed by atoms with E-state index in [1.165, 1.54) is 31.6 Å². The number of methoxy groups -OCH3 is 1. The van der Waals surface area contributed by atoms with E-state index in [1.807, 2.05) is 42.5 Å². The van der Waals surface area contributed by atoms with Gasteiger partial charge in [-0.2, -0.15) is 0 Å². The molecule has 6 heteroatoms. The van der Waals surface area contributed by atoms with Crippen molar-refractivity contribution in [2.75, 3.05) is 13.7 Å². The zero-order chi connectivity index (χ0) is 20.9. The van der Waals surface area contributed by atoms with E-state index in [2.05, 4.69) is 0 Å². The molecule has 30 heavy (non-hydrogen) atoms. The highest BCUT2D eigenvalue weighted by atomic mass is 16.6. The largest absolute Gasteiger partial charge is 0.460 e. The Kier molecular flexibility index (Phi) is 5.59. The Morgan fingerprint density at radius 1 is 0.900 bits per heavy atom. The maximum Gasteiger partial charge on any atom is 0.337 e. The van der Waals surface area contributed by atoms with Gasteiger partial charge in [0.1, 0.15) is 30.0 Å². The second kappa shape index (κ2) is 8.63. The van der Waals surface area contributed by atoms with E-state index in [-0.39, 0.29) is 29.1 Å². The van der Waals surface area contributed by atoms with Crippen LogP contribution in [0.2, 0.25) is 0 Å². The van der Waals surface area contributed by atoms with Crippen LogP contribution in [-0.2, 0) is 9.53 Å². The molecular formula is C24H18O6. The summed E-state index contributed by atoms with van der Waals surface area (Å²) in [5.74, 6) is 0.307. The Hall–Kier alpha value is -3.90. The van der Waals surface area contributed by atoms with Crippen LogP contribution in [0.3, 0.4) is 0 Å². The van der Waals surface area contributed by atoms with E-state index in [0.29, 0.717) is 11.1 Å². The molecule has 0 aliphatic carbocycles. The summed E-state index contributed by atoms with van der Waals surface area (Å²) in [5, 5.41) is 0.319. The van der Waals surface area contributed by atoms with Crippen molar-refractivity contribution in [3.05, 3.63) is 89.3 Å². The zero-order valence-electron chi connectivity index (χ0n) is 16.2. The van der Waals surface area contributed by atoms with Crippen molar-refractivity contribution in [2.45, 2.75) is 0 Å². The van der Waals surface area contributed by atoms with Crippen LogP contribution in [0.5, 0.6) is 17.2 Å². The quantitative estimate of drug-likeness (QED) is 0.341. The first kappa shape index (κ1) is 19.4. The van der Waals surface area contributed by atoms with Gasteiger partial charge in [0.15, 0.2) is 0 Å². The molecule has 3 aromatic carbocycles. The lowest BCUT2D eigenvalue weighted by molar-refractivity contribution is -0.138. The molecule has 4 aromatic rings. The molecule has 0 amide bonds. The Morgan fingerprint density at radius 2 is 1.60 bits per heavy atom. The third kappa shape index (κ3) is 4.24. The Labute approximate surface area is 172 Å². The average Bonchev–Trinajstić information content (AvgIpc) is 2.77. The Morgan fingerprint density at radius 3 is 2.33 bits per heavy atom. The Bertz CT molecular complexity index is 1230. The minimum atomic E-state index is -0.543. The molecule has 0 fully saturated rings. The van der Waals surface area contributed by atoms with Crippen LogP contribution >= 0.6 is 0 Å². The van der Waals surface area contributed by atoms with Gasteiger partial charge in [-0.05, 0) is 35.4 Å². The van der Waals surface area contributed by atoms with Gasteiger partial charge in [-0.25, -0.2) is 4.79 Å². The van der Waals surface area contributed by atoms with Crippen LogP contribution in [0.1, 0.15) is 0 Å². The van der Waals surface area contributed by atoms with Crippen molar-refractivity contribution in [2.24, 2.45) is 0 Å². The maximum absolute atomic E-state index is 12.7. The van der Waals surface area contributed by atoms with Crippen LogP contribution in [0.4, 0.5) is 0 Å². The first-order valence-electron chi connectivity index (χ1n) is 9.22. The van der Waals surface area contributed by atoms with Crippen LogP contribution in [-0.4, -0.2) is 19.7 Å². The number of esters is 1. The van der Waals surface area contributed by atoms with Crippen LogP contribution in [0.15, 0.2) is 88.3 Å². The number of rotatable bonds is 6. The molecule has 0 saturated carbocycles. The van der Waals surface area contributed by atoms with Gasteiger partial charge in [-0.3, -0.25) is 4.79 Å². The number of hydrogen-bond donors (Lipinski definition) is 0. The first-order chi connectivity index (χ1) is 14.6. The summed E-state index contributed by atoms with van der Waals surface area (Å²) in [5.41, 5.74) is 2.10. The molecule has 1 aromatic heterocycles. The molecule has 0 spiro atoms. The fourth-order valence-corrected chi connectivity index (χ4v) is 2.98. The monoisotopic (exact) mass is 402 g/mol. The summed E-state index contributed by atoms with van der Waals surface area (Å²) in [6.45, 7) is -0.169. The number of carbonyl (C=O) groups is 1. The van der Waals surface area contributed by atoms with Gasteiger partial charge in [0.2, 0.25) is 11.2 Å². The summed E-state index contributed by atoms with van der Waals surface area (Å²) in [6.07, 6.45) is 1.25. The summed E-state index contributed by atoms with van der Waals surface area (Å²) in [7, 11) is 1.40. The molecule has 0 aliphatic rings. The van der Waals surface area contributed by atoms with E-state index in [4.69, 9.17) is 18.6 Å². The van der Waals surface area contributed by atoms with Crippen molar-refractivity contribution in [1.82, 2.24) is 0 Å². The Balaban J connectivity index is 1.55. The highest BCUT2D eigenvalue weighted by Gasteiger charge is 2.12. The lowest BCUT2D eigenvalue weighted by atomic mass is 10.1. The smallest absolute Gasteiger partial charge is 0.337 e. The molecule has 0 bridgehead atoms. The van der Waals surface area contributed by atoms with Gasteiger partial charge in [0, 0.05) is 13.2 Å². The van der Waals surface area contributed by atoms with Crippen LogP contribution in [0.25, 0.3) is 22.1 Å². The van der Waals surface area contributed by atoms with Crippen molar-refractivity contribution < 1.29 is 23.4 Å². The minimum Gasteiger partial charge on any atom is -0.460 e. The number of ether oxygens (including phenoxy) is 3. The molecule has 0 radical (unpaired) electrons. The normalized spacial score (nSPS) is 10.7. The van der Waals surface area contributed by atoms with Crippen LogP contribution in [0, 0.1) is 0 Å². The standard InChI is InChI=1S/C24H18O6/c1-27-15-23(25)30-19-11-12-20-21(13-19)28-14-22(24(20)26)29-18-9-7-17(8-10-18)16-5-3-2-4-6-16/h2-14H,15H2,1H3. The van der Waals surface area contributed by atoms with Gasteiger partial charge in [0.05, 0.1) is 5.39 Å². The molecule has 0 unspecified atom stereocenters. The van der Waals surface area contributed by atoms with Gasteiger partial charge >= 0.3 is 5.97 Å². The summed E-state index contributed by atoms with van der Waals surface area (Å²) >= 11 is 0. The zero-order valence-corrected chi connectivity index (χ0v) is 16.2. The second-order valence-corrected chi connectivity index (χ2v) is 6.49. The number of benzene rings is 3. The molecule has 4 rings (SSSR count). The third-order valence-electron chi connectivity index (χ3n) is 4.40. The van der Waals surface area contributed by atoms with Crippen molar-refractivity contribution in [3.8, 4) is 28.4 Å². The fraction of sp³-hybridized carbons (Fsp3) is 0.0833. The van der Waals surface area contributed by atoms with Crippen molar-refractivity contribution >= 4 is 16.9 Å². The van der Waals surface area contributed by atoms with Gasteiger partial charge in [-0.15, -0.1) is 0 Å². The average molecular weight is 402 g/mol.